The summed E-state index contributed by atoms with van der Waals surface area (Å²) in [5, 5.41) is 8.60. The lowest BCUT2D eigenvalue weighted by molar-refractivity contribution is -0.117. The van der Waals surface area contributed by atoms with Gasteiger partial charge < -0.3 is 20.3 Å². The first-order chi connectivity index (χ1) is 11.4. The van der Waals surface area contributed by atoms with Gasteiger partial charge in [0.15, 0.2) is 0 Å². The van der Waals surface area contributed by atoms with E-state index in [-0.39, 0.29) is 6.61 Å². The molecule has 9 nitrogen and oxygen atoms in total. The van der Waals surface area contributed by atoms with Crippen LogP contribution in [-0.2, 0) is 16.1 Å². The third kappa shape index (κ3) is 7.48. The normalized spacial score (nSPS) is 11.3. The first-order valence-electron chi connectivity index (χ1n) is 7.41. The third-order valence-corrected chi connectivity index (χ3v) is 3.02. The van der Waals surface area contributed by atoms with Gasteiger partial charge in [-0.05, 0) is 44.2 Å². The lowest BCUT2D eigenvalue weighted by Gasteiger charge is -2.11. The molecule has 0 saturated heterocycles. The quantitative estimate of drug-likeness (QED) is 0.430. The summed E-state index contributed by atoms with van der Waals surface area (Å²) in [7, 11) is 3.83. The molecule has 0 radical (unpaired) electrons. The second-order valence-electron chi connectivity index (χ2n) is 5.37. The molecule has 0 saturated carbocycles. The van der Waals surface area contributed by atoms with Crippen molar-refractivity contribution in [2.24, 2.45) is 5.11 Å². The molecule has 9 heteroatoms. The second kappa shape index (κ2) is 10.1. The van der Waals surface area contributed by atoms with Crippen molar-refractivity contribution in [3.05, 3.63) is 40.3 Å². The lowest BCUT2D eigenvalue weighted by atomic mass is 10.2. The van der Waals surface area contributed by atoms with Gasteiger partial charge in [-0.3, -0.25) is 4.79 Å². The number of carbonyl (C=O) groups is 2. The van der Waals surface area contributed by atoms with E-state index >= 15 is 0 Å². The Morgan fingerprint density at radius 1 is 1.33 bits per heavy atom. The smallest absolute Gasteiger partial charge is 0.407 e. The highest BCUT2D eigenvalue weighted by atomic mass is 16.5. The summed E-state index contributed by atoms with van der Waals surface area (Å²) >= 11 is 0. The number of carbonyl (C=O) groups excluding carboxylic acids is 2. The number of rotatable bonds is 8. The number of ether oxygens (including phenoxy) is 1. The molecule has 1 rings (SSSR count). The van der Waals surface area contributed by atoms with Gasteiger partial charge >= 0.3 is 6.09 Å². The standard InChI is InChI=1S/C15H22N6O3/c1-11(19-20-16)14(22)18-13-6-4-12(5-7-13)10-24-15(23)17-8-9-21(2)3/h4-7,11H,8-10H2,1-3H3,(H,17,23)(H,18,22)/t11-/m0/s1. The first-order valence-corrected chi connectivity index (χ1v) is 7.41. The van der Waals surface area contributed by atoms with Gasteiger partial charge in [0.25, 0.3) is 0 Å². The largest absolute Gasteiger partial charge is 0.445 e. The summed E-state index contributed by atoms with van der Waals surface area (Å²) in [4.78, 5) is 27.7. The number of benzene rings is 1. The summed E-state index contributed by atoms with van der Waals surface area (Å²) in [6.07, 6.45) is -0.475. The number of anilines is 1. The van der Waals surface area contributed by atoms with Crippen LogP contribution in [0.15, 0.2) is 29.4 Å². The fourth-order valence-corrected chi connectivity index (χ4v) is 1.64. The molecule has 0 heterocycles. The van der Waals surface area contributed by atoms with E-state index in [4.69, 9.17) is 10.3 Å². The van der Waals surface area contributed by atoms with E-state index < -0.39 is 18.0 Å². The molecule has 2 N–H and O–H groups in total. The van der Waals surface area contributed by atoms with E-state index in [1.54, 1.807) is 24.3 Å². The summed E-state index contributed by atoms with van der Waals surface area (Å²) in [5.74, 6) is -0.392. The number of azide groups is 1. The molecular formula is C15H22N6O3. The van der Waals surface area contributed by atoms with E-state index in [0.29, 0.717) is 12.2 Å². The van der Waals surface area contributed by atoms with Crippen molar-refractivity contribution in [2.75, 3.05) is 32.5 Å². The predicted octanol–water partition coefficient (Wildman–Crippen LogP) is 2.11. The number of nitrogens with zero attached hydrogens (tertiary/aromatic N) is 4. The van der Waals surface area contributed by atoms with Gasteiger partial charge in [-0.1, -0.05) is 17.2 Å². The van der Waals surface area contributed by atoms with Crippen LogP contribution in [0.3, 0.4) is 0 Å². The van der Waals surface area contributed by atoms with Crippen LogP contribution in [0.25, 0.3) is 10.4 Å². The maximum absolute atomic E-state index is 11.7. The predicted molar refractivity (Wildman–Crippen MR) is 90.4 cm³/mol. The van der Waals surface area contributed by atoms with Crippen LogP contribution in [0, 0.1) is 0 Å². The van der Waals surface area contributed by atoms with Gasteiger partial charge in [-0.2, -0.15) is 0 Å². The molecular weight excluding hydrogens is 312 g/mol. The Labute approximate surface area is 140 Å². The molecule has 0 aliphatic rings. The molecule has 1 aromatic rings. The van der Waals surface area contributed by atoms with Gasteiger partial charge in [-0.25, -0.2) is 4.79 Å². The number of hydrogen-bond donors (Lipinski definition) is 2. The highest BCUT2D eigenvalue weighted by molar-refractivity contribution is 5.94. The number of hydrogen-bond acceptors (Lipinski definition) is 5. The van der Waals surface area contributed by atoms with Gasteiger partial charge in [-0.15, -0.1) is 0 Å². The van der Waals surface area contributed by atoms with E-state index in [1.165, 1.54) is 6.92 Å². The van der Waals surface area contributed by atoms with Crippen molar-refractivity contribution < 1.29 is 14.3 Å². The Bertz CT molecular complexity index is 596. The molecule has 24 heavy (non-hydrogen) atoms. The molecule has 0 fully saturated rings. The van der Waals surface area contributed by atoms with Crippen LogP contribution in [0.1, 0.15) is 12.5 Å². The van der Waals surface area contributed by atoms with E-state index in [2.05, 4.69) is 20.7 Å². The van der Waals surface area contributed by atoms with Crippen molar-refractivity contribution in [3.8, 4) is 0 Å². The Hall–Kier alpha value is -2.77. The number of likely N-dealkylation sites (N-methyl/N-ethyl adjacent to an activating group) is 1. The molecule has 0 aliphatic heterocycles. The number of amides is 2. The number of nitrogens with one attached hydrogen (secondary N) is 2. The molecule has 2 amide bonds. The zero-order valence-corrected chi connectivity index (χ0v) is 14.0. The molecule has 0 aromatic heterocycles. The maximum Gasteiger partial charge on any atom is 0.407 e. The average molecular weight is 334 g/mol. The molecule has 0 unspecified atom stereocenters. The van der Waals surface area contributed by atoms with Gasteiger partial charge in [0.05, 0.1) is 0 Å². The zero-order chi connectivity index (χ0) is 17.9. The van der Waals surface area contributed by atoms with Crippen LogP contribution in [0.4, 0.5) is 10.5 Å². The van der Waals surface area contributed by atoms with Crippen molar-refractivity contribution in [1.82, 2.24) is 10.2 Å². The van der Waals surface area contributed by atoms with Gasteiger partial charge in [0, 0.05) is 23.7 Å². The summed E-state index contributed by atoms with van der Waals surface area (Å²) in [6, 6.07) is 6.05. The van der Waals surface area contributed by atoms with Crippen LogP contribution in [-0.4, -0.2) is 50.1 Å². The van der Waals surface area contributed by atoms with E-state index in [9.17, 15) is 9.59 Å². The molecule has 0 bridgehead atoms. The van der Waals surface area contributed by atoms with E-state index in [0.717, 1.165) is 12.1 Å². The SMILES string of the molecule is C[C@H](N=[N+]=[N-])C(=O)Nc1ccc(COC(=O)NCCN(C)C)cc1. The topological polar surface area (TPSA) is 119 Å². The minimum atomic E-state index is -0.788. The average Bonchev–Trinajstić information content (AvgIpc) is 2.54. The van der Waals surface area contributed by atoms with Crippen molar-refractivity contribution in [3.63, 3.8) is 0 Å². The fraction of sp³-hybridized carbons (Fsp3) is 0.467. The van der Waals surface area contributed by atoms with Crippen molar-refractivity contribution in [1.29, 1.82) is 0 Å². The fourth-order valence-electron chi connectivity index (χ4n) is 1.64. The monoisotopic (exact) mass is 334 g/mol. The maximum atomic E-state index is 11.7. The van der Waals surface area contributed by atoms with E-state index in [1.807, 2.05) is 19.0 Å². The highest BCUT2D eigenvalue weighted by Crippen LogP contribution is 2.11. The Kier molecular flexibility index (Phi) is 8.10. The Balaban J connectivity index is 2.40. The summed E-state index contributed by atoms with van der Waals surface area (Å²) in [5.41, 5.74) is 9.66. The van der Waals surface area contributed by atoms with Gasteiger partial charge in [0.1, 0.15) is 12.6 Å². The van der Waals surface area contributed by atoms with Crippen molar-refractivity contribution >= 4 is 17.7 Å². The summed E-state index contributed by atoms with van der Waals surface area (Å²) < 4.78 is 5.09. The molecule has 130 valence electrons. The minimum Gasteiger partial charge on any atom is -0.445 e. The lowest BCUT2D eigenvalue weighted by Crippen LogP contribution is -2.31. The minimum absolute atomic E-state index is 0.136. The summed E-state index contributed by atoms with van der Waals surface area (Å²) in [6.45, 7) is 2.89. The van der Waals surface area contributed by atoms with Crippen molar-refractivity contribution in [2.45, 2.75) is 19.6 Å². The number of alkyl carbamates (subject to hydrolysis) is 1. The highest BCUT2D eigenvalue weighted by Gasteiger charge is 2.10. The van der Waals surface area contributed by atoms with Crippen LogP contribution >= 0.6 is 0 Å². The second-order valence-corrected chi connectivity index (χ2v) is 5.37. The molecule has 1 aromatic carbocycles. The van der Waals surface area contributed by atoms with Crippen LogP contribution in [0.2, 0.25) is 0 Å². The molecule has 0 spiro atoms. The Morgan fingerprint density at radius 3 is 2.58 bits per heavy atom. The zero-order valence-electron chi connectivity index (χ0n) is 14.0. The molecule has 0 aliphatic carbocycles. The first kappa shape index (κ1) is 19.3. The molecule has 1 atom stereocenters. The van der Waals surface area contributed by atoms with Crippen LogP contribution < -0.4 is 10.6 Å². The third-order valence-electron chi connectivity index (χ3n) is 3.02. The van der Waals surface area contributed by atoms with Gasteiger partial charge in [0.2, 0.25) is 5.91 Å². The van der Waals surface area contributed by atoms with Crippen LogP contribution in [0.5, 0.6) is 0 Å². The Morgan fingerprint density at radius 2 is 2.00 bits per heavy atom.